The van der Waals surface area contributed by atoms with Crippen LogP contribution in [0, 0.1) is 5.92 Å². The molecular formula is C14H19ClN2O3S. The van der Waals surface area contributed by atoms with Gasteiger partial charge >= 0.3 is 0 Å². The Morgan fingerprint density at radius 2 is 2.10 bits per heavy atom. The molecule has 2 atom stereocenters. The van der Waals surface area contributed by atoms with Gasteiger partial charge in [-0.2, -0.15) is 0 Å². The Morgan fingerprint density at radius 3 is 2.57 bits per heavy atom. The lowest BCUT2D eigenvalue weighted by molar-refractivity contribution is 0.0691. The number of hydrogen-bond acceptors (Lipinski definition) is 3. The van der Waals surface area contributed by atoms with E-state index in [2.05, 4.69) is 0 Å². The van der Waals surface area contributed by atoms with Crippen LogP contribution in [0.5, 0.6) is 0 Å². The summed E-state index contributed by atoms with van der Waals surface area (Å²) < 4.78 is 24.7. The molecule has 1 saturated heterocycles. The minimum Gasteiger partial charge on any atom is -0.340 e. The second-order valence-corrected chi connectivity index (χ2v) is 8.86. The summed E-state index contributed by atoms with van der Waals surface area (Å²) in [7, 11) is 1.59. The van der Waals surface area contributed by atoms with Crippen LogP contribution in [0.3, 0.4) is 0 Å². The van der Waals surface area contributed by atoms with E-state index in [1.54, 1.807) is 4.57 Å². The summed E-state index contributed by atoms with van der Waals surface area (Å²) in [4.78, 5) is 14.7. The lowest BCUT2D eigenvalue weighted by Crippen LogP contribution is -2.38. The van der Waals surface area contributed by atoms with Crippen LogP contribution in [0.1, 0.15) is 49.6 Å². The zero-order valence-corrected chi connectivity index (χ0v) is 13.7. The highest BCUT2D eigenvalue weighted by Gasteiger charge is 2.41. The summed E-state index contributed by atoms with van der Waals surface area (Å²) in [5, 5.41) is 0. The zero-order chi connectivity index (χ0) is 15.4. The molecule has 0 N–H and O–H groups in total. The number of piperidine rings is 1. The van der Waals surface area contributed by atoms with Gasteiger partial charge in [-0.25, -0.2) is 8.42 Å². The first-order valence-corrected chi connectivity index (χ1v) is 9.56. The summed E-state index contributed by atoms with van der Waals surface area (Å²) in [6.07, 6.45) is 4.78. The van der Waals surface area contributed by atoms with Gasteiger partial charge in [0, 0.05) is 35.5 Å². The third kappa shape index (κ3) is 2.59. The Labute approximate surface area is 129 Å². The average molecular weight is 331 g/mol. The van der Waals surface area contributed by atoms with Gasteiger partial charge in [0.25, 0.3) is 15.0 Å². The predicted molar refractivity (Wildman–Crippen MR) is 80.0 cm³/mol. The van der Waals surface area contributed by atoms with E-state index in [1.807, 2.05) is 18.7 Å². The Bertz CT molecular complexity index is 680. The standard InChI is InChI=1S/C14H19ClN2O3S/c1-9(2)16-8-12(21(15,19)20)6-13(16)14(18)17-7-10-3-4-11(17)5-10/h6,8-11H,3-5,7H2,1-2H3. The van der Waals surface area contributed by atoms with Gasteiger partial charge in [0.2, 0.25) is 0 Å². The van der Waals surface area contributed by atoms with E-state index in [0.717, 1.165) is 19.4 Å². The molecule has 5 nitrogen and oxygen atoms in total. The van der Waals surface area contributed by atoms with E-state index in [9.17, 15) is 13.2 Å². The third-order valence-corrected chi connectivity index (χ3v) is 5.87. The molecule has 2 aliphatic rings. The Kier molecular flexibility index (Phi) is 3.56. The molecule has 1 aliphatic carbocycles. The molecule has 7 heteroatoms. The molecule has 2 bridgehead atoms. The van der Waals surface area contributed by atoms with Crippen molar-refractivity contribution in [3.05, 3.63) is 18.0 Å². The summed E-state index contributed by atoms with van der Waals surface area (Å²) in [5.41, 5.74) is 0.414. The number of amides is 1. The van der Waals surface area contributed by atoms with Gasteiger partial charge in [0.05, 0.1) is 0 Å². The molecule has 3 rings (SSSR count). The molecule has 0 spiro atoms. The number of carbonyl (C=O) groups excluding carboxylic acids is 1. The van der Waals surface area contributed by atoms with Crippen LogP contribution in [0.4, 0.5) is 0 Å². The highest BCUT2D eigenvalue weighted by atomic mass is 35.7. The van der Waals surface area contributed by atoms with Crippen molar-refractivity contribution in [1.82, 2.24) is 9.47 Å². The van der Waals surface area contributed by atoms with E-state index in [-0.39, 0.29) is 16.8 Å². The molecule has 2 unspecified atom stereocenters. The topological polar surface area (TPSA) is 59.4 Å². The average Bonchev–Trinajstić information content (AvgIpc) is 3.10. The molecule has 1 aliphatic heterocycles. The molecule has 0 aromatic carbocycles. The van der Waals surface area contributed by atoms with Crippen LogP contribution in [-0.4, -0.2) is 36.4 Å². The van der Waals surface area contributed by atoms with E-state index in [0.29, 0.717) is 17.7 Å². The molecule has 1 saturated carbocycles. The highest BCUT2D eigenvalue weighted by molar-refractivity contribution is 8.13. The largest absolute Gasteiger partial charge is 0.340 e. The second-order valence-electron chi connectivity index (χ2n) is 6.29. The van der Waals surface area contributed by atoms with Gasteiger partial charge in [-0.1, -0.05) is 0 Å². The van der Waals surface area contributed by atoms with Crippen molar-refractivity contribution >= 4 is 25.6 Å². The maximum absolute atomic E-state index is 12.8. The van der Waals surface area contributed by atoms with E-state index >= 15 is 0 Å². The normalized spacial score (nSPS) is 25.0. The van der Waals surface area contributed by atoms with Crippen molar-refractivity contribution in [1.29, 1.82) is 0 Å². The van der Waals surface area contributed by atoms with Crippen molar-refractivity contribution in [2.75, 3.05) is 6.54 Å². The second kappa shape index (κ2) is 5.02. The van der Waals surface area contributed by atoms with Crippen LogP contribution in [0.15, 0.2) is 17.2 Å². The van der Waals surface area contributed by atoms with Crippen molar-refractivity contribution in [2.45, 2.75) is 50.1 Å². The van der Waals surface area contributed by atoms with Crippen molar-refractivity contribution < 1.29 is 13.2 Å². The quantitative estimate of drug-likeness (QED) is 0.800. The third-order valence-electron chi connectivity index (χ3n) is 4.55. The van der Waals surface area contributed by atoms with E-state index < -0.39 is 9.05 Å². The van der Waals surface area contributed by atoms with Crippen LogP contribution in [0.25, 0.3) is 0 Å². The van der Waals surface area contributed by atoms with E-state index in [4.69, 9.17) is 10.7 Å². The molecule has 0 radical (unpaired) electrons. The van der Waals surface area contributed by atoms with Crippen LogP contribution < -0.4 is 0 Å². The summed E-state index contributed by atoms with van der Waals surface area (Å²) in [6, 6.07) is 1.71. The fourth-order valence-electron chi connectivity index (χ4n) is 3.51. The molecule has 1 aromatic rings. The lowest BCUT2D eigenvalue weighted by Gasteiger charge is -2.27. The number of aromatic nitrogens is 1. The van der Waals surface area contributed by atoms with Gasteiger partial charge in [-0.05, 0) is 45.1 Å². The Hall–Kier alpha value is -1.01. The number of likely N-dealkylation sites (tertiary alicyclic amines) is 1. The molecular weight excluding hydrogens is 312 g/mol. The van der Waals surface area contributed by atoms with Crippen LogP contribution in [-0.2, 0) is 9.05 Å². The number of nitrogens with zero attached hydrogens (tertiary/aromatic N) is 2. The first-order valence-electron chi connectivity index (χ1n) is 7.25. The van der Waals surface area contributed by atoms with E-state index in [1.165, 1.54) is 18.7 Å². The number of carbonyl (C=O) groups is 1. The summed E-state index contributed by atoms with van der Waals surface area (Å²) in [6.45, 7) is 4.62. The van der Waals surface area contributed by atoms with Crippen molar-refractivity contribution in [3.8, 4) is 0 Å². The summed E-state index contributed by atoms with van der Waals surface area (Å²) in [5.74, 6) is 0.528. The molecule has 1 amide bonds. The maximum Gasteiger partial charge on any atom is 0.270 e. The fourth-order valence-corrected chi connectivity index (χ4v) is 4.25. The van der Waals surface area contributed by atoms with Gasteiger partial charge in [0.15, 0.2) is 0 Å². The number of halogens is 1. The Morgan fingerprint density at radius 1 is 1.38 bits per heavy atom. The molecule has 116 valence electrons. The maximum atomic E-state index is 12.8. The number of fused-ring (bicyclic) bond motifs is 2. The number of rotatable bonds is 3. The molecule has 2 fully saturated rings. The first kappa shape index (κ1) is 14.9. The SMILES string of the molecule is CC(C)n1cc(S(=O)(=O)Cl)cc1C(=O)N1CC2CCC1C2. The zero-order valence-electron chi connectivity index (χ0n) is 12.1. The van der Waals surface area contributed by atoms with Gasteiger partial charge in [-0.15, -0.1) is 0 Å². The van der Waals surface area contributed by atoms with Crippen molar-refractivity contribution in [3.63, 3.8) is 0 Å². The first-order chi connectivity index (χ1) is 9.77. The monoisotopic (exact) mass is 330 g/mol. The smallest absolute Gasteiger partial charge is 0.270 e. The van der Waals surface area contributed by atoms with Crippen LogP contribution >= 0.6 is 10.7 Å². The van der Waals surface area contributed by atoms with Gasteiger partial charge in [-0.3, -0.25) is 4.79 Å². The summed E-state index contributed by atoms with van der Waals surface area (Å²) >= 11 is 0. The number of hydrogen-bond donors (Lipinski definition) is 0. The lowest BCUT2D eigenvalue weighted by atomic mass is 10.1. The fraction of sp³-hybridized carbons (Fsp3) is 0.643. The minimum absolute atomic E-state index is 0.00379. The van der Waals surface area contributed by atoms with Crippen LogP contribution in [0.2, 0.25) is 0 Å². The minimum atomic E-state index is -3.82. The Balaban J connectivity index is 1.97. The van der Waals surface area contributed by atoms with Gasteiger partial charge in [0.1, 0.15) is 10.6 Å². The molecule has 2 heterocycles. The highest BCUT2D eigenvalue weighted by Crippen LogP contribution is 2.38. The van der Waals surface area contributed by atoms with Crippen molar-refractivity contribution in [2.24, 2.45) is 5.92 Å². The van der Waals surface area contributed by atoms with Gasteiger partial charge < -0.3 is 9.47 Å². The molecule has 21 heavy (non-hydrogen) atoms. The molecule has 1 aromatic heterocycles. The predicted octanol–water partition coefficient (Wildman–Crippen LogP) is 2.62.